The van der Waals surface area contributed by atoms with Crippen molar-refractivity contribution in [3.05, 3.63) is 0 Å². The Balaban J connectivity index is 2.32. The topological polar surface area (TPSA) is 3.24 Å². The number of alkyl halides is 3. The van der Waals surface area contributed by atoms with E-state index in [1.165, 1.54) is 11.9 Å². The molecule has 0 amide bonds. The predicted octanol–water partition coefficient (Wildman–Crippen LogP) is 2.68. The molecule has 0 aliphatic carbocycles. The molecule has 0 aromatic carbocycles. The summed E-state index contributed by atoms with van der Waals surface area (Å²) in [6.07, 6.45) is -3.09. The lowest BCUT2D eigenvalue weighted by atomic mass is 10.2. The Labute approximate surface area is 74.4 Å². The molecule has 1 atom stereocenters. The van der Waals surface area contributed by atoms with Crippen LogP contribution in [0, 0.1) is 0 Å². The summed E-state index contributed by atoms with van der Waals surface area (Å²) in [4.78, 5) is 0. The summed E-state index contributed by atoms with van der Waals surface area (Å²) in [5.41, 5.74) is 0. The largest absolute Gasteiger partial charge is 0.390 e. The van der Waals surface area contributed by atoms with E-state index in [2.05, 4.69) is 0 Å². The molecule has 1 heterocycles. The summed E-state index contributed by atoms with van der Waals surface area (Å²) in [7, 11) is 1.84. The maximum absolute atomic E-state index is 11.9. The van der Waals surface area contributed by atoms with E-state index in [9.17, 15) is 13.2 Å². The molecular weight excluding hydrogens is 187 g/mol. The normalized spacial score (nSPS) is 27.5. The molecule has 1 unspecified atom stereocenters. The van der Waals surface area contributed by atoms with Crippen LogP contribution in [0.3, 0.4) is 0 Å². The van der Waals surface area contributed by atoms with Gasteiger partial charge in [0.05, 0.1) is 6.42 Å². The molecule has 72 valence electrons. The Morgan fingerprint density at radius 3 is 2.67 bits per heavy atom. The van der Waals surface area contributed by atoms with Crippen LogP contribution in [0.1, 0.15) is 19.3 Å². The van der Waals surface area contributed by atoms with Gasteiger partial charge in [-0.2, -0.15) is 13.2 Å². The van der Waals surface area contributed by atoms with Crippen LogP contribution in [0.4, 0.5) is 13.2 Å². The Hall–Kier alpha value is 0.100. The molecule has 1 aliphatic heterocycles. The molecule has 5 heteroatoms. The highest BCUT2D eigenvalue weighted by Crippen LogP contribution is 2.34. The zero-order valence-electron chi connectivity index (χ0n) is 6.90. The van der Waals surface area contributed by atoms with Crippen molar-refractivity contribution in [2.75, 3.05) is 13.6 Å². The first-order valence-corrected chi connectivity index (χ1v) is 4.76. The molecule has 1 rings (SSSR count). The molecule has 0 saturated carbocycles. The van der Waals surface area contributed by atoms with Crippen molar-refractivity contribution >= 4 is 11.9 Å². The first kappa shape index (κ1) is 10.2. The zero-order chi connectivity index (χ0) is 9.19. The van der Waals surface area contributed by atoms with Gasteiger partial charge in [0.15, 0.2) is 0 Å². The van der Waals surface area contributed by atoms with Crippen LogP contribution in [0.15, 0.2) is 0 Å². The van der Waals surface area contributed by atoms with Gasteiger partial charge in [0.1, 0.15) is 0 Å². The quantitative estimate of drug-likeness (QED) is 0.597. The molecule has 0 aromatic rings. The number of rotatable bonds is 1. The van der Waals surface area contributed by atoms with Crippen molar-refractivity contribution in [1.29, 1.82) is 0 Å². The van der Waals surface area contributed by atoms with Crippen LogP contribution in [0.5, 0.6) is 0 Å². The standard InChI is InChI=1S/C7H12F3NS/c1-11-4-2-3-6(12-11)5-7(8,9)10/h6H,2-5H2,1H3. The van der Waals surface area contributed by atoms with E-state index in [-0.39, 0.29) is 5.25 Å². The maximum Gasteiger partial charge on any atom is 0.390 e. The fourth-order valence-electron chi connectivity index (χ4n) is 1.30. The molecule has 0 aromatic heterocycles. The van der Waals surface area contributed by atoms with Gasteiger partial charge >= 0.3 is 6.18 Å². The van der Waals surface area contributed by atoms with Crippen molar-refractivity contribution < 1.29 is 13.2 Å². The fraction of sp³-hybridized carbons (Fsp3) is 1.00. The minimum atomic E-state index is -4.00. The average Bonchev–Trinajstić information content (AvgIpc) is 1.82. The van der Waals surface area contributed by atoms with Gasteiger partial charge in [0.25, 0.3) is 0 Å². The fourth-order valence-corrected chi connectivity index (χ4v) is 2.58. The molecule has 12 heavy (non-hydrogen) atoms. The summed E-state index contributed by atoms with van der Waals surface area (Å²) in [6, 6.07) is 0. The van der Waals surface area contributed by atoms with Gasteiger partial charge in [-0.1, -0.05) is 11.9 Å². The smallest absolute Gasteiger partial charge is 0.253 e. The number of hydrogen-bond donors (Lipinski definition) is 0. The molecular formula is C7H12F3NS. The van der Waals surface area contributed by atoms with Crippen molar-refractivity contribution in [1.82, 2.24) is 4.31 Å². The van der Waals surface area contributed by atoms with Crippen molar-refractivity contribution in [3.63, 3.8) is 0 Å². The highest BCUT2D eigenvalue weighted by molar-refractivity contribution is 7.97. The van der Waals surface area contributed by atoms with Crippen LogP contribution in [0.2, 0.25) is 0 Å². The molecule has 1 fully saturated rings. The number of nitrogens with zero attached hydrogens (tertiary/aromatic N) is 1. The summed E-state index contributed by atoms with van der Waals surface area (Å²) in [5.74, 6) is 0. The van der Waals surface area contributed by atoms with Crippen molar-refractivity contribution in [2.45, 2.75) is 30.7 Å². The zero-order valence-corrected chi connectivity index (χ0v) is 7.71. The molecule has 0 N–H and O–H groups in total. The lowest BCUT2D eigenvalue weighted by Gasteiger charge is -2.28. The van der Waals surface area contributed by atoms with Crippen molar-refractivity contribution in [3.8, 4) is 0 Å². The van der Waals surface area contributed by atoms with Gasteiger partial charge in [-0.25, -0.2) is 0 Å². The van der Waals surface area contributed by atoms with Gasteiger partial charge in [-0.3, -0.25) is 4.31 Å². The summed E-state index contributed by atoms with van der Waals surface area (Å²) in [5, 5.41) is -0.260. The maximum atomic E-state index is 11.9. The first-order chi connectivity index (χ1) is 5.47. The van der Waals surface area contributed by atoms with E-state index in [0.29, 0.717) is 6.42 Å². The Kier molecular flexibility index (Phi) is 3.29. The van der Waals surface area contributed by atoms with Crippen LogP contribution in [0.25, 0.3) is 0 Å². The van der Waals surface area contributed by atoms with Gasteiger partial charge in [0, 0.05) is 11.8 Å². The van der Waals surface area contributed by atoms with E-state index in [4.69, 9.17) is 0 Å². The minimum Gasteiger partial charge on any atom is -0.253 e. The SMILES string of the molecule is CN1CCCC(CC(F)(F)F)S1. The molecule has 1 saturated heterocycles. The van der Waals surface area contributed by atoms with Crippen LogP contribution < -0.4 is 0 Å². The van der Waals surface area contributed by atoms with E-state index < -0.39 is 12.6 Å². The molecule has 0 spiro atoms. The summed E-state index contributed by atoms with van der Waals surface area (Å²) in [6.45, 7) is 0.902. The number of hydrogen-bond acceptors (Lipinski definition) is 2. The highest BCUT2D eigenvalue weighted by atomic mass is 32.2. The van der Waals surface area contributed by atoms with E-state index >= 15 is 0 Å². The van der Waals surface area contributed by atoms with E-state index in [1.54, 1.807) is 0 Å². The minimum absolute atomic E-state index is 0.260. The molecule has 0 bridgehead atoms. The predicted molar refractivity (Wildman–Crippen MR) is 43.9 cm³/mol. The Morgan fingerprint density at radius 2 is 2.17 bits per heavy atom. The first-order valence-electron chi connectivity index (χ1n) is 3.92. The van der Waals surface area contributed by atoms with Gasteiger partial charge in [-0.15, -0.1) is 0 Å². The second-order valence-electron chi connectivity index (χ2n) is 3.04. The summed E-state index contributed by atoms with van der Waals surface area (Å²) < 4.78 is 37.7. The number of halogens is 3. The van der Waals surface area contributed by atoms with E-state index in [1.807, 2.05) is 11.4 Å². The molecule has 1 nitrogen and oxygen atoms in total. The second-order valence-corrected chi connectivity index (χ2v) is 4.54. The Bertz CT molecular complexity index is 148. The van der Waals surface area contributed by atoms with Crippen molar-refractivity contribution in [2.24, 2.45) is 0 Å². The third-order valence-corrected chi connectivity index (χ3v) is 3.03. The lowest BCUT2D eigenvalue weighted by Crippen LogP contribution is -2.27. The lowest BCUT2D eigenvalue weighted by molar-refractivity contribution is -0.134. The van der Waals surface area contributed by atoms with Crippen LogP contribution in [-0.4, -0.2) is 29.3 Å². The van der Waals surface area contributed by atoms with Gasteiger partial charge < -0.3 is 0 Å². The highest BCUT2D eigenvalue weighted by Gasteiger charge is 2.33. The molecule has 0 radical (unpaired) electrons. The third kappa shape index (κ3) is 3.67. The second kappa shape index (κ2) is 3.87. The van der Waals surface area contributed by atoms with E-state index in [0.717, 1.165) is 13.0 Å². The van der Waals surface area contributed by atoms with Crippen LogP contribution >= 0.6 is 11.9 Å². The monoisotopic (exact) mass is 199 g/mol. The molecule has 1 aliphatic rings. The Morgan fingerprint density at radius 1 is 1.50 bits per heavy atom. The van der Waals surface area contributed by atoms with Gasteiger partial charge in [-0.05, 0) is 19.9 Å². The average molecular weight is 199 g/mol. The van der Waals surface area contributed by atoms with Crippen LogP contribution in [-0.2, 0) is 0 Å². The summed E-state index contributed by atoms with van der Waals surface area (Å²) >= 11 is 1.33. The van der Waals surface area contributed by atoms with Gasteiger partial charge in [0.2, 0.25) is 0 Å². The third-order valence-electron chi connectivity index (χ3n) is 1.79.